The molecule has 0 aromatic heterocycles. The molecule has 1 aromatic rings. The first-order chi connectivity index (χ1) is 11.1. The molecule has 2 aliphatic rings. The molecule has 4 nitrogen and oxygen atoms in total. The van der Waals surface area contributed by atoms with Crippen LogP contribution in [0.2, 0.25) is 0 Å². The van der Waals surface area contributed by atoms with Crippen LogP contribution < -0.4 is 0 Å². The number of amides is 2. The molecule has 2 heterocycles. The van der Waals surface area contributed by atoms with E-state index in [0.29, 0.717) is 18.8 Å². The summed E-state index contributed by atoms with van der Waals surface area (Å²) in [5.74, 6) is 0.952. The zero-order valence-electron chi connectivity index (χ0n) is 14.1. The number of carbonyl (C=O) groups excluding carboxylic acids is 2. The topological polar surface area (TPSA) is 40.6 Å². The second kappa shape index (κ2) is 6.73. The normalized spacial score (nSPS) is 26.4. The lowest BCUT2D eigenvalue weighted by molar-refractivity contribution is -0.147. The van der Waals surface area contributed by atoms with E-state index in [2.05, 4.69) is 6.92 Å². The summed E-state index contributed by atoms with van der Waals surface area (Å²) in [5, 5.41) is 0. The summed E-state index contributed by atoms with van der Waals surface area (Å²) in [7, 11) is 1.83. The van der Waals surface area contributed by atoms with Crippen LogP contribution in [-0.2, 0) is 9.59 Å². The van der Waals surface area contributed by atoms with E-state index in [-0.39, 0.29) is 23.8 Å². The zero-order chi connectivity index (χ0) is 16.4. The van der Waals surface area contributed by atoms with Crippen molar-refractivity contribution in [1.29, 1.82) is 0 Å². The Morgan fingerprint density at radius 2 is 1.74 bits per heavy atom. The van der Waals surface area contributed by atoms with Gasteiger partial charge in [0.25, 0.3) is 0 Å². The van der Waals surface area contributed by atoms with Gasteiger partial charge in [0, 0.05) is 26.6 Å². The van der Waals surface area contributed by atoms with E-state index in [1.807, 2.05) is 42.3 Å². The Kier molecular flexibility index (Phi) is 4.69. The van der Waals surface area contributed by atoms with Gasteiger partial charge in [-0.3, -0.25) is 9.59 Å². The molecule has 2 aliphatic heterocycles. The van der Waals surface area contributed by atoms with E-state index in [0.717, 1.165) is 31.5 Å². The molecule has 0 N–H and O–H groups in total. The summed E-state index contributed by atoms with van der Waals surface area (Å²) >= 11 is 0. The van der Waals surface area contributed by atoms with Crippen LogP contribution in [-0.4, -0.2) is 41.8 Å². The van der Waals surface area contributed by atoms with Gasteiger partial charge in [0.15, 0.2) is 0 Å². The van der Waals surface area contributed by atoms with Gasteiger partial charge in [-0.2, -0.15) is 0 Å². The maximum Gasteiger partial charge on any atom is 0.228 e. The number of carbonyl (C=O) groups is 2. The third-order valence-electron chi connectivity index (χ3n) is 5.41. The Labute approximate surface area is 138 Å². The lowest BCUT2D eigenvalue weighted by atomic mass is 9.83. The molecule has 4 heteroatoms. The molecular weight excluding hydrogens is 288 g/mol. The van der Waals surface area contributed by atoms with Crippen LogP contribution in [0, 0.1) is 11.8 Å². The van der Waals surface area contributed by atoms with E-state index in [1.165, 1.54) is 0 Å². The highest BCUT2D eigenvalue weighted by Gasteiger charge is 2.40. The van der Waals surface area contributed by atoms with Gasteiger partial charge in [-0.05, 0) is 30.7 Å². The van der Waals surface area contributed by atoms with Gasteiger partial charge >= 0.3 is 0 Å². The fourth-order valence-electron chi connectivity index (χ4n) is 3.87. The van der Waals surface area contributed by atoms with Crippen molar-refractivity contribution >= 4 is 11.8 Å². The lowest BCUT2D eigenvalue weighted by Crippen LogP contribution is -2.49. The summed E-state index contributed by atoms with van der Waals surface area (Å²) in [6, 6.07) is 9.84. The van der Waals surface area contributed by atoms with Gasteiger partial charge in [-0.1, -0.05) is 37.3 Å². The first-order valence-electron chi connectivity index (χ1n) is 8.67. The molecule has 2 amide bonds. The highest BCUT2D eigenvalue weighted by molar-refractivity contribution is 5.85. The van der Waals surface area contributed by atoms with Crippen molar-refractivity contribution in [1.82, 2.24) is 9.80 Å². The van der Waals surface area contributed by atoms with Gasteiger partial charge in [0.1, 0.15) is 0 Å². The number of piperidine rings is 2. The number of hydrogen-bond acceptors (Lipinski definition) is 2. The number of benzene rings is 1. The smallest absolute Gasteiger partial charge is 0.228 e. The molecule has 0 spiro atoms. The molecule has 3 rings (SSSR count). The van der Waals surface area contributed by atoms with Crippen LogP contribution in [0.25, 0.3) is 0 Å². The molecule has 0 radical (unpaired) electrons. The molecular formula is C19H26N2O2. The average Bonchev–Trinajstić information content (AvgIpc) is 2.58. The van der Waals surface area contributed by atoms with Crippen molar-refractivity contribution in [3.05, 3.63) is 35.9 Å². The highest BCUT2D eigenvalue weighted by Crippen LogP contribution is 2.37. The van der Waals surface area contributed by atoms with Gasteiger partial charge in [-0.25, -0.2) is 0 Å². The van der Waals surface area contributed by atoms with Crippen LogP contribution in [0.1, 0.15) is 44.2 Å². The summed E-state index contributed by atoms with van der Waals surface area (Å²) in [5.41, 5.74) is 1.06. The first kappa shape index (κ1) is 16.0. The largest absolute Gasteiger partial charge is 0.342 e. The summed E-state index contributed by atoms with van der Waals surface area (Å²) < 4.78 is 0. The fourth-order valence-corrected chi connectivity index (χ4v) is 3.87. The lowest BCUT2D eigenvalue weighted by Gasteiger charge is -2.41. The van der Waals surface area contributed by atoms with E-state index in [9.17, 15) is 9.59 Å². The van der Waals surface area contributed by atoms with Gasteiger partial charge in [0.2, 0.25) is 11.8 Å². The minimum absolute atomic E-state index is 0.117. The third kappa shape index (κ3) is 3.26. The molecule has 2 unspecified atom stereocenters. The van der Waals surface area contributed by atoms with E-state index < -0.39 is 0 Å². The molecule has 124 valence electrons. The Morgan fingerprint density at radius 1 is 1.09 bits per heavy atom. The molecule has 2 fully saturated rings. The quantitative estimate of drug-likeness (QED) is 0.842. The first-order valence-corrected chi connectivity index (χ1v) is 8.67. The monoisotopic (exact) mass is 314 g/mol. The van der Waals surface area contributed by atoms with Crippen molar-refractivity contribution in [3.63, 3.8) is 0 Å². The zero-order valence-corrected chi connectivity index (χ0v) is 14.1. The molecule has 0 saturated carbocycles. The molecule has 2 atom stereocenters. The van der Waals surface area contributed by atoms with Gasteiger partial charge in [-0.15, -0.1) is 0 Å². The van der Waals surface area contributed by atoms with Gasteiger partial charge in [0.05, 0.1) is 12.0 Å². The van der Waals surface area contributed by atoms with E-state index in [1.54, 1.807) is 4.90 Å². The van der Waals surface area contributed by atoms with Crippen LogP contribution >= 0.6 is 0 Å². The number of nitrogens with zero attached hydrogens (tertiary/aromatic N) is 2. The maximum absolute atomic E-state index is 13.1. The van der Waals surface area contributed by atoms with Crippen molar-refractivity contribution in [3.8, 4) is 0 Å². The Morgan fingerprint density at radius 3 is 2.39 bits per heavy atom. The van der Waals surface area contributed by atoms with E-state index >= 15 is 0 Å². The Bertz CT molecular complexity index is 564. The van der Waals surface area contributed by atoms with Crippen molar-refractivity contribution < 1.29 is 9.59 Å². The number of hydrogen-bond donors (Lipinski definition) is 0. The second-order valence-electron chi connectivity index (χ2n) is 7.01. The van der Waals surface area contributed by atoms with Crippen molar-refractivity contribution in [2.45, 2.75) is 38.6 Å². The number of likely N-dealkylation sites (tertiary alicyclic amines) is 2. The van der Waals surface area contributed by atoms with Crippen molar-refractivity contribution in [2.75, 3.05) is 20.1 Å². The fraction of sp³-hybridized carbons (Fsp3) is 0.579. The van der Waals surface area contributed by atoms with Crippen molar-refractivity contribution in [2.24, 2.45) is 11.8 Å². The maximum atomic E-state index is 13.1. The van der Waals surface area contributed by atoms with Crippen LogP contribution in [0.3, 0.4) is 0 Å². The van der Waals surface area contributed by atoms with Crippen LogP contribution in [0.5, 0.6) is 0 Å². The second-order valence-corrected chi connectivity index (χ2v) is 7.01. The summed E-state index contributed by atoms with van der Waals surface area (Å²) in [6.45, 7) is 3.97. The van der Waals surface area contributed by atoms with Crippen LogP contribution in [0.4, 0.5) is 0 Å². The highest BCUT2D eigenvalue weighted by atomic mass is 16.2. The predicted octanol–water partition coefficient (Wildman–Crippen LogP) is 2.85. The number of rotatable bonds is 2. The molecule has 0 bridgehead atoms. The average molecular weight is 314 g/mol. The molecule has 2 saturated heterocycles. The minimum atomic E-state index is -0.135. The molecule has 0 aliphatic carbocycles. The summed E-state index contributed by atoms with van der Waals surface area (Å²) in [6.07, 6.45) is 3.31. The van der Waals surface area contributed by atoms with E-state index in [4.69, 9.17) is 0 Å². The summed E-state index contributed by atoms with van der Waals surface area (Å²) in [4.78, 5) is 29.0. The molecule has 1 aromatic carbocycles. The Hall–Kier alpha value is -1.84. The Balaban J connectivity index is 1.83. The standard InChI is InChI=1S/C19H26N2O2/c1-14-10-12-21(13-11-14)19(23)16-8-9-17(22)20(2)18(16)15-6-4-3-5-7-15/h3-7,14,16,18H,8-13H2,1-2H3. The van der Waals surface area contributed by atoms with Crippen LogP contribution in [0.15, 0.2) is 30.3 Å². The predicted molar refractivity (Wildman–Crippen MR) is 89.7 cm³/mol. The third-order valence-corrected chi connectivity index (χ3v) is 5.41. The minimum Gasteiger partial charge on any atom is -0.342 e. The SMILES string of the molecule is CC1CCN(C(=O)C2CCC(=O)N(C)C2c2ccccc2)CC1. The molecule has 23 heavy (non-hydrogen) atoms. The van der Waals surface area contributed by atoms with Gasteiger partial charge < -0.3 is 9.80 Å².